The standard InChI is InChI=1S/C11H12F3N3/c1-7(2)8-3-4-10-9(5-8)15-16-17(10)6-11(12,13)14/h3-5,7H,6H2,1-2H3. The van der Waals surface area contributed by atoms with Crippen molar-refractivity contribution in [2.45, 2.75) is 32.5 Å². The van der Waals surface area contributed by atoms with Crippen molar-refractivity contribution in [3.8, 4) is 0 Å². The lowest BCUT2D eigenvalue weighted by Gasteiger charge is -2.07. The lowest BCUT2D eigenvalue weighted by atomic mass is 10.0. The number of alkyl halides is 3. The fraction of sp³-hybridized carbons (Fsp3) is 0.455. The number of nitrogens with zero attached hydrogens (tertiary/aromatic N) is 3. The van der Waals surface area contributed by atoms with Crippen LogP contribution < -0.4 is 0 Å². The van der Waals surface area contributed by atoms with Crippen molar-refractivity contribution < 1.29 is 13.2 Å². The van der Waals surface area contributed by atoms with Gasteiger partial charge in [0, 0.05) is 0 Å². The summed E-state index contributed by atoms with van der Waals surface area (Å²) in [5, 5.41) is 7.29. The highest BCUT2D eigenvalue weighted by Gasteiger charge is 2.29. The third-order valence-electron chi connectivity index (χ3n) is 2.53. The summed E-state index contributed by atoms with van der Waals surface area (Å²) in [7, 11) is 0. The minimum atomic E-state index is -4.28. The Bertz CT molecular complexity index is 528. The van der Waals surface area contributed by atoms with E-state index in [1.807, 2.05) is 19.9 Å². The van der Waals surface area contributed by atoms with Crippen LogP contribution in [0.5, 0.6) is 0 Å². The molecule has 0 radical (unpaired) electrons. The van der Waals surface area contributed by atoms with Gasteiger partial charge in [-0.2, -0.15) is 13.2 Å². The molecule has 2 rings (SSSR count). The molecule has 1 heterocycles. The molecule has 0 unspecified atom stereocenters. The molecule has 2 aromatic rings. The predicted octanol–water partition coefficient (Wildman–Crippen LogP) is 3.12. The van der Waals surface area contributed by atoms with Crippen LogP contribution in [0.15, 0.2) is 18.2 Å². The van der Waals surface area contributed by atoms with Crippen molar-refractivity contribution in [2.24, 2.45) is 0 Å². The monoisotopic (exact) mass is 243 g/mol. The highest BCUT2D eigenvalue weighted by molar-refractivity contribution is 5.75. The van der Waals surface area contributed by atoms with Gasteiger partial charge in [0.15, 0.2) is 0 Å². The van der Waals surface area contributed by atoms with Crippen LogP contribution in [0.4, 0.5) is 13.2 Å². The first kappa shape index (κ1) is 11.9. The topological polar surface area (TPSA) is 30.7 Å². The molecule has 1 aromatic heterocycles. The minimum absolute atomic E-state index is 0.312. The molecule has 0 atom stereocenters. The van der Waals surface area contributed by atoms with Crippen molar-refractivity contribution >= 4 is 11.0 Å². The van der Waals surface area contributed by atoms with Crippen molar-refractivity contribution in [1.82, 2.24) is 15.0 Å². The number of hydrogen-bond acceptors (Lipinski definition) is 2. The summed E-state index contributed by atoms with van der Waals surface area (Å²) in [4.78, 5) is 0. The van der Waals surface area contributed by atoms with E-state index in [-0.39, 0.29) is 0 Å². The normalized spacial score (nSPS) is 12.6. The zero-order chi connectivity index (χ0) is 12.6. The van der Waals surface area contributed by atoms with Crippen molar-refractivity contribution in [2.75, 3.05) is 0 Å². The van der Waals surface area contributed by atoms with Crippen LogP contribution in [-0.2, 0) is 6.54 Å². The molecule has 92 valence electrons. The van der Waals surface area contributed by atoms with Crippen LogP contribution >= 0.6 is 0 Å². The first-order valence-electron chi connectivity index (χ1n) is 5.27. The van der Waals surface area contributed by atoms with E-state index in [0.29, 0.717) is 17.0 Å². The van der Waals surface area contributed by atoms with Gasteiger partial charge in [-0.25, -0.2) is 4.68 Å². The Balaban J connectivity index is 2.42. The fourth-order valence-corrected chi connectivity index (χ4v) is 1.63. The van der Waals surface area contributed by atoms with E-state index in [2.05, 4.69) is 10.3 Å². The minimum Gasteiger partial charge on any atom is -0.235 e. The van der Waals surface area contributed by atoms with Gasteiger partial charge in [0.2, 0.25) is 0 Å². The first-order valence-corrected chi connectivity index (χ1v) is 5.27. The molecule has 0 amide bonds. The van der Waals surface area contributed by atoms with Gasteiger partial charge in [-0.15, -0.1) is 5.10 Å². The molecule has 0 aliphatic carbocycles. The van der Waals surface area contributed by atoms with Crippen molar-refractivity contribution in [1.29, 1.82) is 0 Å². The number of rotatable bonds is 2. The summed E-state index contributed by atoms with van der Waals surface area (Å²) in [6, 6.07) is 5.22. The molecule has 0 N–H and O–H groups in total. The maximum Gasteiger partial charge on any atom is 0.408 e. The number of fused-ring (bicyclic) bond motifs is 1. The van der Waals surface area contributed by atoms with E-state index >= 15 is 0 Å². The average molecular weight is 243 g/mol. The zero-order valence-corrected chi connectivity index (χ0v) is 9.49. The predicted molar refractivity (Wildman–Crippen MR) is 57.7 cm³/mol. The summed E-state index contributed by atoms with van der Waals surface area (Å²) in [5.41, 5.74) is 1.95. The summed E-state index contributed by atoms with van der Waals surface area (Å²) in [6.07, 6.45) is -4.28. The van der Waals surface area contributed by atoms with Gasteiger partial charge in [-0.05, 0) is 23.6 Å². The maximum absolute atomic E-state index is 12.3. The Morgan fingerprint density at radius 1 is 1.29 bits per heavy atom. The Kier molecular flexibility index (Phi) is 2.81. The molecule has 17 heavy (non-hydrogen) atoms. The molecule has 0 bridgehead atoms. The molecule has 0 aliphatic heterocycles. The molecule has 6 heteroatoms. The largest absolute Gasteiger partial charge is 0.408 e. The van der Waals surface area contributed by atoms with E-state index in [4.69, 9.17) is 0 Å². The Hall–Kier alpha value is -1.59. The van der Waals surface area contributed by atoms with E-state index in [9.17, 15) is 13.2 Å². The molecule has 0 aliphatic rings. The van der Waals surface area contributed by atoms with Crippen LogP contribution in [0.25, 0.3) is 11.0 Å². The van der Waals surface area contributed by atoms with Gasteiger partial charge < -0.3 is 0 Å². The molecule has 3 nitrogen and oxygen atoms in total. The number of halogens is 3. The lowest BCUT2D eigenvalue weighted by molar-refractivity contribution is -0.142. The molecule has 0 saturated heterocycles. The molecular formula is C11H12F3N3. The number of aromatic nitrogens is 3. The lowest BCUT2D eigenvalue weighted by Crippen LogP contribution is -2.18. The second-order valence-corrected chi connectivity index (χ2v) is 4.27. The third kappa shape index (κ3) is 2.57. The van der Waals surface area contributed by atoms with E-state index < -0.39 is 12.7 Å². The maximum atomic E-state index is 12.3. The quantitative estimate of drug-likeness (QED) is 0.811. The smallest absolute Gasteiger partial charge is 0.235 e. The summed E-state index contributed by atoms with van der Waals surface area (Å²) in [6.45, 7) is 2.92. The van der Waals surface area contributed by atoms with E-state index in [0.717, 1.165) is 10.2 Å². The van der Waals surface area contributed by atoms with Gasteiger partial charge in [0.1, 0.15) is 12.1 Å². The van der Waals surface area contributed by atoms with Gasteiger partial charge >= 0.3 is 6.18 Å². The molecule has 0 spiro atoms. The van der Waals surface area contributed by atoms with Crippen LogP contribution in [-0.4, -0.2) is 21.2 Å². The van der Waals surface area contributed by atoms with Crippen molar-refractivity contribution in [3.63, 3.8) is 0 Å². The van der Waals surface area contributed by atoms with E-state index in [1.165, 1.54) is 0 Å². The third-order valence-corrected chi connectivity index (χ3v) is 2.53. The summed E-state index contributed by atoms with van der Waals surface area (Å²) in [5.74, 6) is 0.312. The number of benzene rings is 1. The number of hydrogen-bond donors (Lipinski definition) is 0. The Morgan fingerprint density at radius 3 is 2.59 bits per heavy atom. The molecule has 0 saturated carbocycles. The van der Waals surface area contributed by atoms with Crippen LogP contribution in [0.3, 0.4) is 0 Å². The van der Waals surface area contributed by atoms with Gasteiger partial charge in [0.25, 0.3) is 0 Å². The van der Waals surface area contributed by atoms with Crippen LogP contribution in [0.2, 0.25) is 0 Å². The summed E-state index contributed by atoms with van der Waals surface area (Å²) >= 11 is 0. The van der Waals surface area contributed by atoms with Gasteiger partial charge in [-0.1, -0.05) is 25.1 Å². The Labute approximate surface area is 96.2 Å². The highest BCUT2D eigenvalue weighted by Crippen LogP contribution is 2.23. The first-order chi connectivity index (χ1) is 7.87. The second kappa shape index (κ2) is 4.01. The highest BCUT2D eigenvalue weighted by atomic mass is 19.4. The SMILES string of the molecule is CC(C)c1ccc2c(c1)nnn2CC(F)(F)F. The second-order valence-electron chi connectivity index (χ2n) is 4.27. The Morgan fingerprint density at radius 2 is 2.00 bits per heavy atom. The van der Waals surface area contributed by atoms with E-state index in [1.54, 1.807) is 12.1 Å². The van der Waals surface area contributed by atoms with Gasteiger partial charge in [0.05, 0.1) is 5.52 Å². The molecule has 1 aromatic carbocycles. The average Bonchev–Trinajstić information content (AvgIpc) is 2.58. The zero-order valence-electron chi connectivity index (χ0n) is 9.49. The molecular weight excluding hydrogens is 231 g/mol. The molecule has 0 fully saturated rings. The van der Waals surface area contributed by atoms with Crippen LogP contribution in [0.1, 0.15) is 25.3 Å². The van der Waals surface area contributed by atoms with Gasteiger partial charge in [-0.3, -0.25) is 0 Å². The van der Waals surface area contributed by atoms with Crippen molar-refractivity contribution in [3.05, 3.63) is 23.8 Å². The summed E-state index contributed by atoms with van der Waals surface area (Å²) < 4.78 is 37.7. The van der Waals surface area contributed by atoms with Crippen LogP contribution in [0, 0.1) is 0 Å². The fourth-order valence-electron chi connectivity index (χ4n) is 1.63.